The Bertz CT molecular complexity index is 404. The number of amides is 1. The molecular weight excluding hydrogens is 220 g/mol. The molecule has 1 amide bonds. The zero-order valence-electron chi connectivity index (χ0n) is 9.49. The molecule has 0 aliphatic rings. The Kier molecular flexibility index (Phi) is 4.43. The number of nitrogens with one attached hydrogen (secondary N) is 1. The molecule has 0 spiro atoms. The summed E-state index contributed by atoms with van der Waals surface area (Å²) in [7, 11) is 0. The van der Waals surface area contributed by atoms with E-state index in [0.717, 1.165) is 11.1 Å². The minimum absolute atomic E-state index is 0.0640. The number of carbonyl (C=O) groups excluding carboxylic acids is 1. The molecule has 1 aromatic carbocycles. The van der Waals surface area contributed by atoms with Crippen molar-refractivity contribution in [3.05, 3.63) is 35.4 Å². The van der Waals surface area contributed by atoms with Crippen molar-refractivity contribution < 1.29 is 4.79 Å². The number of hydrogen-bond acceptors (Lipinski definition) is 2. The van der Waals surface area contributed by atoms with Crippen LogP contribution in [0.1, 0.15) is 18.1 Å². The van der Waals surface area contributed by atoms with Crippen molar-refractivity contribution in [3.63, 3.8) is 0 Å². The third-order valence-corrected chi connectivity index (χ3v) is 2.60. The molecule has 86 valence electrons. The monoisotopic (exact) mass is 236 g/mol. The van der Waals surface area contributed by atoms with Gasteiger partial charge in [-0.3, -0.25) is 4.79 Å². The second-order valence-electron chi connectivity index (χ2n) is 3.86. The summed E-state index contributed by atoms with van der Waals surface area (Å²) in [6.45, 7) is 3.77. The average molecular weight is 236 g/mol. The highest BCUT2D eigenvalue weighted by molar-refractivity contribution is 7.80. The fourth-order valence-corrected chi connectivity index (χ4v) is 1.43. The topological polar surface area (TPSA) is 55.1 Å². The Balaban J connectivity index is 2.55. The third-order valence-electron chi connectivity index (χ3n) is 2.25. The third kappa shape index (κ3) is 3.98. The van der Waals surface area contributed by atoms with Crippen LogP contribution in [0.5, 0.6) is 0 Å². The van der Waals surface area contributed by atoms with E-state index in [1.807, 2.05) is 31.2 Å². The van der Waals surface area contributed by atoms with Gasteiger partial charge in [-0.25, -0.2) is 0 Å². The van der Waals surface area contributed by atoms with Gasteiger partial charge in [0.15, 0.2) is 0 Å². The molecule has 0 aliphatic carbocycles. The van der Waals surface area contributed by atoms with E-state index in [-0.39, 0.29) is 11.9 Å². The summed E-state index contributed by atoms with van der Waals surface area (Å²) in [5.74, 6) is -0.0640. The molecule has 0 fully saturated rings. The maximum Gasteiger partial charge on any atom is 0.224 e. The van der Waals surface area contributed by atoms with Gasteiger partial charge in [-0.2, -0.15) is 0 Å². The fraction of sp³-hybridized carbons (Fsp3) is 0.333. The molecule has 3 nitrogen and oxygen atoms in total. The van der Waals surface area contributed by atoms with Crippen LogP contribution in [-0.4, -0.2) is 16.9 Å². The molecule has 0 bridgehead atoms. The Hall–Kier alpha value is -1.42. The van der Waals surface area contributed by atoms with Gasteiger partial charge in [0.05, 0.1) is 17.5 Å². The summed E-state index contributed by atoms with van der Waals surface area (Å²) in [4.78, 5) is 11.9. The first-order chi connectivity index (χ1) is 7.49. The first-order valence-electron chi connectivity index (χ1n) is 5.13. The zero-order valence-corrected chi connectivity index (χ0v) is 10.3. The second kappa shape index (κ2) is 5.61. The maximum atomic E-state index is 11.6. The van der Waals surface area contributed by atoms with Crippen LogP contribution in [0.15, 0.2) is 24.3 Å². The first-order valence-corrected chi connectivity index (χ1v) is 5.54. The number of carbonyl (C=O) groups is 1. The van der Waals surface area contributed by atoms with Gasteiger partial charge in [-0.15, -0.1) is 0 Å². The van der Waals surface area contributed by atoms with Gasteiger partial charge in [0, 0.05) is 0 Å². The Morgan fingerprint density at radius 1 is 1.56 bits per heavy atom. The van der Waals surface area contributed by atoms with Crippen LogP contribution >= 0.6 is 12.2 Å². The quantitative estimate of drug-likeness (QED) is 0.775. The molecule has 0 aromatic heterocycles. The van der Waals surface area contributed by atoms with Crippen molar-refractivity contribution in [2.75, 3.05) is 0 Å². The molecule has 3 N–H and O–H groups in total. The number of nitrogens with two attached hydrogens (primary N) is 1. The molecule has 1 rings (SSSR count). The van der Waals surface area contributed by atoms with Crippen LogP contribution in [0, 0.1) is 6.92 Å². The van der Waals surface area contributed by atoms with Gasteiger partial charge in [0.25, 0.3) is 0 Å². The van der Waals surface area contributed by atoms with E-state index in [2.05, 4.69) is 5.32 Å². The van der Waals surface area contributed by atoms with E-state index in [0.29, 0.717) is 11.4 Å². The van der Waals surface area contributed by atoms with E-state index in [1.54, 1.807) is 6.92 Å². The van der Waals surface area contributed by atoms with E-state index in [9.17, 15) is 4.79 Å². The van der Waals surface area contributed by atoms with E-state index < -0.39 is 0 Å². The summed E-state index contributed by atoms with van der Waals surface area (Å²) in [5, 5.41) is 2.74. The SMILES string of the molecule is Cc1cccc(CC(=O)NC(C)C(N)=S)c1. The number of rotatable bonds is 4. The average Bonchev–Trinajstić information content (AvgIpc) is 2.16. The number of hydrogen-bond donors (Lipinski definition) is 2. The predicted octanol–water partition coefficient (Wildman–Crippen LogP) is 1.33. The Morgan fingerprint density at radius 3 is 2.81 bits per heavy atom. The van der Waals surface area contributed by atoms with Crippen molar-refractivity contribution in [3.8, 4) is 0 Å². The normalized spacial score (nSPS) is 11.9. The summed E-state index contributed by atoms with van der Waals surface area (Å²) in [6.07, 6.45) is 0.356. The molecule has 4 heteroatoms. The van der Waals surface area contributed by atoms with E-state index in [4.69, 9.17) is 18.0 Å². The van der Waals surface area contributed by atoms with Crippen molar-refractivity contribution in [2.45, 2.75) is 26.3 Å². The molecule has 1 aromatic rings. The number of thiocarbonyl (C=S) groups is 1. The minimum Gasteiger partial charge on any atom is -0.392 e. The van der Waals surface area contributed by atoms with Crippen LogP contribution in [0.25, 0.3) is 0 Å². The molecular formula is C12H16N2OS. The van der Waals surface area contributed by atoms with Crippen LogP contribution < -0.4 is 11.1 Å². The van der Waals surface area contributed by atoms with E-state index >= 15 is 0 Å². The first kappa shape index (κ1) is 12.6. The van der Waals surface area contributed by atoms with Gasteiger partial charge < -0.3 is 11.1 Å². The standard InChI is InChI=1S/C12H16N2OS/c1-8-4-3-5-10(6-8)7-11(15)14-9(2)12(13)16/h3-6,9H,7H2,1-2H3,(H2,13,16)(H,14,15). The largest absolute Gasteiger partial charge is 0.392 e. The molecule has 0 saturated carbocycles. The van der Waals surface area contributed by atoms with Gasteiger partial charge in [-0.05, 0) is 19.4 Å². The lowest BCUT2D eigenvalue weighted by Crippen LogP contribution is -2.41. The smallest absolute Gasteiger partial charge is 0.224 e. The molecule has 0 heterocycles. The number of benzene rings is 1. The zero-order chi connectivity index (χ0) is 12.1. The van der Waals surface area contributed by atoms with Crippen LogP contribution in [0.2, 0.25) is 0 Å². The fourth-order valence-electron chi connectivity index (χ4n) is 1.37. The van der Waals surface area contributed by atoms with Crippen LogP contribution in [0.4, 0.5) is 0 Å². The summed E-state index contributed by atoms with van der Waals surface area (Å²) >= 11 is 4.79. The highest BCUT2D eigenvalue weighted by Crippen LogP contribution is 2.04. The lowest BCUT2D eigenvalue weighted by Gasteiger charge is -2.12. The molecule has 1 unspecified atom stereocenters. The van der Waals surface area contributed by atoms with E-state index in [1.165, 1.54) is 0 Å². The summed E-state index contributed by atoms with van der Waals surface area (Å²) < 4.78 is 0. The Morgan fingerprint density at radius 2 is 2.25 bits per heavy atom. The Labute approximate surface area is 101 Å². The summed E-state index contributed by atoms with van der Waals surface area (Å²) in [5.41, 5.74) is 7.56. The molecule has 16 heavy (non-hydrogen) atoms. The maximum absolute atomic E-state index is 11.6. The lowest BCUT2D eigenvalue weighted by molar-refractivity contribution is -0.120. The summed E-state index contributed by atoms with van der Waals surface area (Å²) in [6, 6.07) is 7.60. The van der Waals surface area contributed by atoms with Crippen LogP contribution in [0.3, 0.4) is 0 Å². The van der Waals surface area contributed by atoms with Crippen molar-refractivity contribution in [1.82, 2.24) is 5.32 Å². The van der Waals surface area contributed by atoms with Gasteiger partial charge in [-0.1, -0.05) is 42.0 Å². The van der Waals surface area contributed by atoms with Crippen molar-refractivity contribution in [2.24, 2.45) is 5.73 Å². The molecule has 1 atom stereocenters. The molecule has 0 saturated heterocycles. The minimum atomic E-state index is -0.257. The van der Waals surface area contributed by atoms with Gasteiger partial charge >= 0.3 is 0 Å². The predicted molar refractivity (Wildman–Crippen MR) is 69.3 cm³/mol. The molecule has 0 radical (unpaired) electrons. The van der Waals surface area contributed by atoms with Gasteiger partial charge in [0.1, 0.15) is 0 Å². The number of aryl methyl sites for hydroxylation is 1. The highest BCUT2D eigenvalue weighted by Gasteiger charge is 2.09. The second-order valence-corrected chi connectivity index (χ2v) is 4.33. The van der Waals surface area contributed by atoms with Crippen molar-refractivity contribution >= 4 is 23.1 Å². The lowest BCUT2D eigenvalue weighted by atomic mass is 10.1. The van der Waals surface area contributed by atoms with Crippen molar-refractivity contribution in [1.29, 1.82) is 0 Å². The highest BCUT2D eigenvalue weighted by atomic mass is 32.1. The van der Waals surface area contributed by atoms with Crippen LogP contribution in [-0.2, 0) is 11.2 Å². The van der Waals surface area contributed by atoms with Gasteiger partial charge in [0.2, 0.25) is 5.91 Å². The molecule has 0 aliphatic heterocycles.